The third-order valence-electron chi connectivity index (χ3n) is 4.15. The van der Waals surface area contributed by atoms with Crippen LogP contribution in [0.3, 0.4) is 0 Å². The largest absolute Gasteiger partial charge is 0.383 e. The van der Waals surface area contributed by atoms with Crippen molar-refractivity contribution in [3.63, 3.8) is 0 Å². The lowest BCUT2D eigenvalue weighted by atomic mass is 10.3. The van der Waals surface area contributed by atoms with Crippen molar-refractivity contribution < 1.29 is 13.2 Å². The van der Waals surface area contributed by atoms with Crippen LogP contribution in [-0.4, -0.2) is 36.6 Å². The Balaban J connectivity index is 1.89. The zero-order valence-corrected chi connectivity index (χ0v) is 19.3. The molecule has 30 heavy (non-hydrogen) atoms. The van der Waals surface area contributed by atoms with Gasteiger partial charge in [-0.1, -0.05) is 17.7 Å². The molecule has 1 amide bonds. The van der Waals surface area contributed by atoms with Crippen LogP contribution in [0, 0.1) is 0 Å². The number of rotatable bonds is 7. The van der Waals surface area contributed by atoms with Gasteiger partial charge in [-0.15, -0.1) is 23.5 Å². The van der Waals surface area contributed by atoms with Gasteiger partial charge in [-0.2, -0.15) is 5.10 Å². The molecule has 0 bridgehead atoms. The molecular weight excluding hydrogens is 464 g/mol. The van der Waals surface area contributed by atoms with Crippen molar-refractivity contribution in [1.82, 2.24) is 9.78 Å². The number of anilines is 2. The number of nitrogens with zero attached hydrogens (tertiary/aromatic N) is 2. The maximum Gasteiger partial charge on any atom is 0.246 e. The molecule has 158 valence electrons. The van der Waals surface area contributed by atoms with Gasteiger partial charge in [-0.25, -0.2) is 13.1 Å². The number of nitrogen functional groups attached to an aromatic ring is 1. The molecule has 3 N–H and O–H groups in total. The first-order valence-corrected chi connectivity index (χ1v) is 12.9. The Bertz CT molecular complexity index is 1180. The summed E-state index contributed by atoms with van der Waals surface area (Å²) in [4.78, 5) is 13.4. The number of carbonyl (C=O) groups excluding carboxylic acids is 1. The highest BCUT2D eigenvalue weighted by Crippen LogP contribution is 2.34. The first-order valence-electron chi connectivity index (χ1n) is 8.61. The number of amides is 1. The molecule has 0 saturated heterocycles. The van der Waals surface area contributed by atoms with Crippen LogP contribution >= 0.6 is 35.1 Å². The summed E-state index contributed by atoms with van der Waals surface area (Å²) in [5.41, 5.74) is 6.75. The number of halogens is 1. The van der Waals surface area contributed by atoms with E-state index in [2.05, 4.69) is 10.4 Å². The monoisotopic (exact) mass is 482 g/mol. The molecule has 0 aliphatic carbocycles. The molecule has 3 rings (SSSR count). The van der Waals surface area contributed by atoms with Gasteiger partial charge in [0, 0.05) is 15.6 Å². The molecule has 0 fully saturated rings. The van der Waals surface area contributed by atoms with Gasteiger partial charge in [0.05, 0.1) is 4.90 Å². The smallest absolute Gasteiger partial charge is 0.246 e. The van der Waals surface area contributed by atoms with Crippen molar-refractivity contribution in [3.05, 3.63) is 53.6 Å². The number of hydrogen-bond acceptors (Lipinski definition) is 7. The minimum atomic E-state index is -3.93. The zero-order valence-electron chi connectivity index (χ0n) is 16.1. The fourth-order valence-corrected chi connectivity index (χ4v) is 5.73. The van der Waals surface area contributed by atoms with E-state index in [1.54, 1.807) is 24.1 Å². The van der Waals surface area contributed by atoms with Gasteiger partial charge in [-0.3, -0.25) is 4.79 Å². The molecule has 2 aromatic carbocycles. The Morgan fingerprint density at radius 3 is 2.50 bits per heavy atom. The second-order valence-corrected chi connectivity index (χ2v) is 10.1. The Kier molecular flexibility index (Phi) is 7.02. The maximum absolute atomic E-state index is 13.1. The normalized spacial score (nSPS) is 11.4. The van der Waals surface area contributed by atoms with Gasteiger partial charge < -0.3 is 11.1 Å². The molecule has 0 spiro atoms. The maximum atomic E-state index is 13.1. The topological polar surface area (TPSA) is 107 Å². The Morgan fingerprint density at radius 1 is 1.17 bits per heavy atom. The van der Waals surface area contributed by atoms with E-state index in [0.717, 1.165) is 16.7 Å². The van der Waals surface area contributed by atoms with E-state index in [1.807, 2.05) is 24.5 Å². The van der Waals surface area contributed by atoms with Crippen LogP contribution in [0.5, 0.6) is 0 Å². The number of sulfone groups is 1. The van der Waals surface area contributed by atoms with Gasteiger partial charge in [-0.05, 0) is 55.0 Å². The third-order valence-corrected chi connectivity index (χ3v) is 7.76. The molecule has 7 nitrogen and oxygen atoms in total. The number of aromatic nitrogens is 2. The van der Waals surface area contributed by atoms with E-state index in [0.29, 0.717) is 10.7 Å². The molecule has 11 heteroatoms. The molecule has 0 unspecified atom stereocenters. The Morgan fingerprint density at radius 2 is 1.87 bits per heavy atom. The third kappa shape index (κ3) is 4.77. The Hall–Kier alpha value is -2.14. The second-order valence-electron chi connectivity index (χ2n) is 6.12. The highest BCUT2D eigenvalue weighted by molar-refractivity contribution is 7.99. The summed E-state index contributed by atoms with van der Waals surface area (Å²) in [5.74, 6) is -0.465. The van der Waals surface area contributed by atoms with Gasteiger partial charge in [0.25, 0.3) is 0 Å². The van der Waals surface area contributed by atoms with Gasteiger partial charge in [0.2, 0.25) is 15.7 Å². The number of benzene rings is 2. The van der Waals surface area contributed by atoms with Crippen LogP contribution < -0.4 is 11.1 Å². The first kappa shape index (κ1) is 22.5. The Labute approximate surface area is 188 Å². The zero-order chi connectivity index (χ0) is 21.9. The number of carbonyl (C=O) groups is 1. The molecular formula is C19H19ClN4O3S3. The van der Waals surface area contributed by atoms with Crippen molar-refractivity contribution in [2.24, 2.45) is 0 Å². The predicted molar refractivity (Wildman–Crippen MR) is 122 cm³/mol. The lowest BCUT2D eigenvalue weighted by Gasteiger charge is -2.08. The van der Waals surface area contributed by atoms with Crippen LogP contribution in [0.25, 0.3) is 0 Å². The summed E-state index contributed by atoms with van der Waals surface area (Å²) in [5, 5.41) is 7.66. The lowest BCUT2D eigenvalue weighted by Crippen LogP contribution is -2.21. The van der Waals surface area contributed by atoms with E-state index in [1.165, 1.54) is 28.9 Å². The first-order chi connectivity index (χ1) is 14.3. The molecule has 0 aliphatic rings. The number of thioether (sulfide) groups is 2. The predicted octanol–water partition coefficient (Wildman–Crippen LogP) is 4.03. The van der Waals surface area contributed by atoms with Crippen LogP contribution in [-0.2, 0) is 21.2 Å². The summed E-state index contributed by atoms with van der Waals surface area (Å²) >= 11 is 8.56. The molecule has 1 aromatic heterocycles. The fourth-order valence-electron chi connectivity index (χ4n) is 2.71. The van der Waals surface area contributed by atoms with E-state index < -0.39 is 9.84 Å². The molecule has 0 radical (unpaired) electrons. The van der Waals surface area contributed by atoms with E-state index in [4.69, 9.17) is 17.3 Å². The highest BCUT2D eigenvalue weighted by atomic mass is 35.5. The summed E-state index contributed by atoms with van der Waals surface area (Å²) in [6.45, 7) is -0.223. The average Bonchev–Trinajstić information content (AvgIpc) is 3.04. The average molecular weight is 483 g/mol. The molecule has 0 aliphatic heterocycles. The fraction of sp³-hybridized carbons (Fsp3) is 0.158. The molecule has 0 saturated carbocycles. The van der Waals surface area contributed by atoms with Crippen molar-refractivity contribution in [3.8, 4) is 0 Å². The van der Waals surface area contributed by atoms with Gasteiger partial charge in [0.1, 0.15) is 22.3 Å². The van der Waals surface area contributed by atoms with Crippen molar-refractivity contribution >= 4 is 62.4 Å². The summed E-state index contributed by atoms with van der Waals surface area (Å²) < 4.78 is 27.4. The van der Waals surface area contributed by atoms with Crippen LogP contribution in [0.1, 0.15) is 0 Å². The second kappa shape index (κ2) is 9.34. The minimum Gasteiger partial charge on any atom is -0.383 e. The SMILES string of the molecule is CSc1cccc(NC(=O)Cn2nc(SC)c(S(=O)(=O)c3ccc(Cl)cc3)c2N)c1. The summed E-state index contributed by atoms with van der Waals surface area (Å²) in [6.07, 6.45) is 3.64. The van der Waals surface area contributed by atoms with Crippen LogP contribution in [0.4, 0.5) is 11.5 Å². The van der Waals surface area contributed by atoms with Gasteiger partial charge >= 0.3 is 0 Å². The lowest BCUT2D eigenvalue weighted by molar-refractivity contribution is -0.116. The van der Waals surface area contributed by atoms with Crippen molar-refractivity contribution in [2.75, 3.05) is 23.6 Å². The number of nitrogens with one attached hydrogen (secondary N) is 1. The van der Waals surface area contributed by atoms with Crippen molar-refractivity contribution in [1.29, 1.82) is 0 Å². The standard InChI is InChI=1S/C19H19ClN4O3S3/c1-28-14-5-3-4-13(10-14)22-16(25)11-24-18(21)17(19(23-24)29-2)30(26,27)15-8-6-12(20)7-9-15/h3-10H,11,21H2,1-2H3,(H,22,25). The number of nitrogens with two attached hydrogens (primary N) is 1. The minimum absolute atomic E-state index is 0.0479. The van der Waals surface area contributed by atoms with Crippen molar-refractivity contribution in [2.45, 2.75) is 26.3 Å². The van der Waals surface area contributed by atoms with E-state index >= 15 is 0 Å². The van der Waals surface area contributed by atoms with Crippen LogP contribution in [0.2, 0.25) is 5.02 Å². The number of hydrogen-bond donors (Lipinski definition) is 2. The molecule has 0 atom stereocenters. The quantitative estimate of drug-likeness (QED) is 0.489. The molecule has 3 aromatic rings. The summed E-state index contributed by atoms with van der Waals surface area (Å²) in [7, 11) is -3.93. The molecule has 1 heterocycles. The highest BCUT2D eigenvalue weighted by Gasteiger charge is 2.29. The van der Waals surface area contributed by atoms with Crippen LogP contribution in [0.15, 0.2) is 68.2 Å². The summed E-state index contributed by atoms with van der Waals surface area (Å²) in [6, 6.07) is 13.2. The van der Waals surface area contributed by atoms with E-state index in [-0.39, 0.29) is 33.1 Å². The van der Waals surface area contributed by atoms with E-state index in [9.17, 15) is 13.2 Å². The van der Waals surface area contributed by atoms with Gasteiger partial charge in [0.15, 0.2) is 0 Å².